The third-order valence-corrected chi connectivity index (χ3v) is 6.33. The summed E-state index contributed by atoms with van der Waals surface area (Å²) in [7, 11) is 1.52. The van der Waals surface area contributed by atoms with Crippen molar-refractivity contribution in [2.24, 2.45) is 5.10 Å². The van der Waals surface area contributed by atoms with Crippen LogP contribution < -0.4 is 20.3 Å². The Hall–Kier alpha value is -3.98. The van der Waals surface area contributed by atoms with Gasteiger partial charge in [0.05, 0.1) is 24.2 Å². The second kappa shape index (κ2) is 12.5. The van der Waals surface area contributed by atoms with E-state index >= 15 is 0 Å². The zero-order valence-corrected chi connectivity index (χ0v) is 23.1. The molecule has 0 radical (unpaired) electrons. The monoisotopic (exact) mass is 576 g/mol. The van der Waals surface area contributed by atoms with Crippen molar-refractivity contribution < 1.29 is 14.3 Å². The first-order chi connectivity index (χ1) is 18.4. The van der Waals surface area contributed by atoms with E-state index < -0.39 is 0 Å². The van der Waals surface area contributed by atoms with Gasteiger partial charge in [0, 0.05) is 16.6 Å². The van der Waals surface area contributed by atoms with E-state index in [-0.39, 0.29) is 18.1 Å². The SMILES string of the molecule is CCCCc1nc2ccc(Br)cc2c(=O)n1N=Cc1ccc(OCC(=O)Nc2ccc(C)cc2)c(OC)c1. The Labute approximate surface area is 229 Å². The molecule has 1 amide bonds. The van der Waals surface area contributed by atoms with Crippen LogP contribution in [-0.4, -0.2) is 35.5 Å². The minimum atomic E-state index is -0.282. The first-order valence-electron chi connectivity index (χ1n) is 12.3. The molecular formula is C29H29BrN4O4. The van der Waals surface area contributed by atoms with Gasteiger partial charge in [-0.25, -0.2) is 4.98 Å². The number of nitrogens with one attached hydrogen (secondary N) is 1. The van der Waals surface area contributed by atoms with Crippen molar-refractivity contribution in [1.82, 2.24) is 9.66 Å². The fraction of sp³-hybridized carbons (Fsp3) is 0.241. The van der Waals surface area contributed by atoms with Crippen LogP contribution in [0.25, 0.3) is 10.9 Å². The van der Waals surface area contributed by atoms with Crippen LogP contribution >= 0.6 is 15.9 Å². The maximum atomic E-state index is 13.3. The first kappa shape index (κ1) is 27.1. The Morgan fingerprint density at radius 2 is 1.89 bits per heavy atom. The summed E-state index contributed by atoms with van der Waals surface area (Å²) in [5.74, 6) is 1.18. The van der Waals surface area contributed by atoms with E-state index in [2.05, 4.69) is 33.3 Å². The summed E-state index contributed by atoms with van der Waals surface area (Å²) in [6.45, 7) is 3.90. The second-order valence-electron chi connectivity index (χ2n) is 8.77. The number of fused-ring (bicyclic) bond motifs is 1. The van der Waals surface area contributed by atoms with Gasteiger partial charge in [0.2, 0.25) is 0 Å². The van der Waals surface area contributed by atoms with E-state index in [0.29, 0.717) is 45.9 Å². The number of methoxy groups -OCH3 is 1. The number of amides is 1. The van der Waals surface area contributed by atoms with Crippen molar-refractivity contribution >= 4 is 44.6 Å². The van der Waals surface area contributed by atoms with E-state index in [0.717, 1.165) is 22.9 Å². The number of aryl methyl sites for hydroxylation is 2. The predicted octanol–water partition coefficient (Wildman–Crippen LogP) is 5.72. The molecule has 0 atom stereocenters. The number of anilines is 1. The smallest absolute Gasteiger partial charge is 0.282 e. The maximum Gasteiger partial charge on any atom is 0.282 e. The standard InChI is InChI=1S/C29H29BrN4O4/c1-4-5-6-27-33-24-13-10-21(30)16-23(24)29(36)34(27)31-17-20-9-14-25(26(15-20)37-3)38-18-28(35)32-22-11-7-19(2)8-12-22/h7-17H,4-6,18H2,1-3H3,(H,32,35). The van der Waals surface area contributed by atoms with Gasteiger partial charge in [-0.05, 0) is 67.4 Å². The molecule has 0 aliphatic rings. The second-order valence-corrected chi connectivity index (χ2v) is 9.68. The molecule has 0 fully saturated rings. The number of ether oxygens (including phenoxy) is 2. The fourth-order valence-corrected chi connectivity index (χ4v) is 4.16. The summed E-state index contributed by atoms with van der Waals surface area (Å²) in [6, 6.07) is 18.2. The lowest BCUT2D eigenvalue weighted by molar-refractivity contribution is -0.118. The number of rotatable bonds is 10. The molecule has 38 heavy (non-hydrogen) atoms. The van der Waals surface area contributed by atoms with Crippen molar-refractivity contribution in [2.45, 2.75) is 33.1 Å². The van der Waals surface area contributed by atoms with E-state index in [1.165, 1.54) is 11.8 Å². The zero-order chi connectivity index (χ0) is 27.1. The van der Waals surface area contributed by atoms with Crippen LogP contribution in [0.3, 0.4) is 0 Å². The van der Waals surface area contributed by atoms with Crippen LogP contribution in [0.15, 0.2) is 75.0 Å². The van der Waals surface area contributed by atoms with Gasteiger partial charge in [-0.1, -0.05) is 47.0 Å². The molecule has 4 aromatic rings. The average molecular weight is 577 g/mol. The van der Waals surface area contributed by atoms with Crippen molar-refractivity contribution in [3.05, 3.63) is 92.4 Å². The summed E-state index contributed by atoms with van der Waals surface area (Å²) in [5.41, 5.74) is 2.92. The Bertz CT molecular complexity index is 1530. The van der Waals surface area contributed by atoms with Crippen LogP contribution in [-0.2, 0) is 11.2 Å². The molecule has 1 heterocycles. The lowest BCUT2D eigenvalue weighted by Crippen LogP contribution is -2.22. The normalized spacial score (nSPS) is 11.2. The molecule has 1 aromatic heterocycles. The molecule has 0 saturated carbocycles. The molecular weight excluding hydrogens is 548 g/mol. The highest BCUT2D eigenvalue weighted by atomic mass is 79.9. The van der Waals surface area contributed by atoms with Gasteiger partial charge < -0.3 is 14.8 Å². The summed E-state index contributed by atoms with van der Waals surface area (Å²) in [6.07, 6.45) is 4.08. The van der Waals surface area contributed by atoms with Gasteiger partial charge >= 0.3 is 0 Å². The van der Waals surface area contributed by atoms with E-state index in [9.17, 15) is 9.59 Å². The summed E-state index contributed by atoms with van der Waals surface area (Å²) in [4.78, 5) is 30.3. The fourth-order valence-electron chi connectivity index (χ4n) is 3.80. The molecule has 3 aromatic carbocycles. The van der Waals surface area contributed by atoms with Crippen molar-refractivity contribution in [3.8, 4) is 11.5 Å². The zero-order valence-electron chi connectivity index (χ0n) is 21.5. The molecule has 0 aliphatic carbocycles. The van der Waals surface area contributed by atoms with Gasteiger partial charge in [0.1, 0.15) is 5.82 Å². The number of hydrogen-bond donors (Lipinski definition) is 1. The summed E-state index contributed by atoms with van der Waals surface area (Å²) >= 11 is 3.43. The van der Waals surface area contributed by atoms with E-state index in [4.69, 9.17) is 14.5 Å². The number of carbonyl (C=O) groups excluding carboxylic acids is 1. The maximum absolute atomic E-state index is 13.3. The molecule has 196 valence electrons. The Morgan fingerprint density at radius 3 is 2.63 bits per heavy atom. The molecule has 1 N–H and O–H groups in total. The van der Waals surface area contributed by atoms with Crippen LogP contribution in [0.4, 0.5) is 5.69 Å². The third-order valence-electron chi connectivity index (χ3n) is 5.83. The Balaban J connectivity index is 1.53. The van der Waals surface area contributed by atoms with Crippen LogP contribution in [0.1, 0.15) is 36.7 Å². The highest BCUT2D eigenvalue weighted by molar-refractivity contribution is 9.10. The molecule has 9 heteroatoms. The molecule has 0 bridgehead atoms. The number of aromatic nitrogens is 2. The average Bonchev–Trinajstić information content (AvgIpc) is 2.92. The van der Waals surface area contributed by atoms with Gasteiger partial charge in [-0.15, -0.1) is 0 Å². The quantitative estimate of drug-likeness (QED) is 0.244. The molecule has 0 unspecified atom stereocenters. The van der Waals surface area contributed by atoms with Crippen LogP contribution in [0, 0.1) is 6.92 Å². The van der Waals surface area contributed by atoms with Crippen molar-refractivity contribution in [3.63, 3.8) is 0 Å². The summed E-state index contributed by atoms with van der Waals surface area (Å²) in [5, 5.41) is 7.77. The third kappa shape index (κ3) is 6.66. The highest BCUT2D eigenvalue weighted by Crippen LogP contribution is 2.27. The number of carbonyl (C=O) groups is 1. The van der Waals surface area contributed by atoms with Crippen molar-refractivity contribution in [1.29, 1.82) is 0 Å². The predicted molar refractivity (Wildman–Crippen MR) is 154 cm³/mol. The van der Waals surface area contributed by atoms with Gasteiger partial charge in [-0.3, -0.25) is 9.59 Å². The molecule has 8 nitrogen and oxygen atoms in total. The Kier molecular flexibility index (Phi) is 8.91. The lowest BCUT2D eigenvalue weighted by atomic mass is 10.2. The van der Waals surface area contributed by atoms with Gasteiger partial charge in [-0.2, -0.15) is 9.78 Å². The molecule has 0 saturated heterocycles. The number of benzene rings is 3. The number of hydrogen-bond acceptors (Lipinski definition) is 6. The molecule has 4 rings (SSSR count). The largest absolute Gasteiger partial charge is 0.493 e. The van der Waals surface area contributed by atoms with Gasteiger partial charge in [0.15, 0.2) is 18.1 Å². The number of unbranched alkanes of at least 4 members (excludes halogenated alkanes) is 1. The summed E-state index contributed by atoms with van der Waals surface area (Å²) < 4.78 is 13.3. The number of nitrogens with zero attached hydrogens (tertiary/aromatic N) is 3. The minimum absolute atomic E-state index is 0.174. The number of halogens is 1. The lowest BCUT2D eigenvalue weighted by Gasteiger charge is -2.12. The van der Waals surface area contributed by atoms with Crippen LogP contribution in [0.2, 0.25) is 0 Å². The highest BCUT2D eigenvalue weighted by Gasteiger charge is 2.12. The van der Waals surface area contributed by atoms with Crippen molar-refractivity contribution in [2.75, 3.05) is 19.0 Å². The Morgan fingerprint density at radius 1 is 1.11 bits per heavy atom. The van der Waals surface area contributed by atoms with Crippen LogP contribution in [0.5, 0.6) is 11.5 Å². The topological polar surface area (TPSA) is 94.8 Å². The van der Waals surface area contributed by atoms with E-state index in [1.54, 1.807) is 30.5 Å². The van der Waals surface area contributed by atoms with E-state index in [1.807, 2.05) is 43.3 Å². The molecule has 0 aliphatic heterocycles. The van der Waals surface area contributed by atoms with Gasteiger partial charge in [0.25, 0.3) is 11.5 Å². The first-order valence-corrected chi connectivity index (χ1v) is 13.1. The molecule has 0 spiro atoms. The minimum Gasteiger partial charge on any atom is -0.493 e.